The molecule has 0 unspecified atom stereocenters. The van der Waals surface area contributed by atoms with Crippen molar-refractivity contribution in [2.45, 2.75) is 6.92 Å². The van der Waals surface area contributed by atoms with Crippen LogP contribution in [0.1, 0.15) is 16.3 Å². The number of nitrogens with one attached hydrogen (secondary N) is 1. The van der Waals surface area contributed by atoms with Gasteiger partial charge < -0.3 is 9.73 Å². The minimum atomic E-state index is -0.296. The second kappa shape index (κ2) is 5.00. The van der Waals surface area contributed by atoms with Crippen molar-refractivity contribution in [3.63, 3.8) is 0 Å². The third kappa shape index (κ3) is 2.44. The fourth-order valence-corrected chi connectivity index (χ4v) is 1.76. The molecular weight excluding hydrogens is 256 g/mol. The molecular formula is C14H12N4O2. The van der Waals surface area contributed by atoms with Crippen molar-refractivity contribution in [2.75, 3.05) is 5.32 Å². The van der Waals surface area contributed by atoms with Crippen LogP contribution in [-0.4, -0.2) is 20.4 Å². The molecule has 0 saturated carbocycles. The molecule has 0 aliphatic heterocycles. The third-order valence-corrected chi connectivity index (χ3v) is 2.74. The number of aryl methyl sites for hydroxylation is 1. The summed E-state index contributed by atoms with van der Waals surface area (Å²) in [5, 5.41) is 2.72. The molecule has 3 heterocycles. The standard InChI is InChI=1S/C14H12N4O2/c1-10-2-4-12(20-10)14(19)17-11-3-5-13(16-8-11)18-7-6-15-9-18/h2-9H,1H3,(H,17,19). The summed E-state index contributed by atoms with van der Waals surface area (Å²) in [7, 11) is 0. The minimum Gasteiger partial charge on any atom is -0.456 e. The summed E-state index contributed by atoms with van der Waals surface area (Å²) in [6, 6.07) is 6.95. The number of carbonyl (C=O) groups excluding carboxylic acids is 1. The van der Waals surface area contributed by atoms with Gasteiger partial charge in [-0.15, -0.1) is 0 Å². The van der Waals surface area contributed by atoms with E-state index in [0.29, 0.717) is 11.4 Å². The molecule has 3 rings (SSSR count). The molecule has 0 spiro atoms. The highest BCUT2D eigenvalue weighted by Crippen LogP contribution is 2.12. The molecule has 3 aromatic rings. The number of hydrogen-bond donors (Lipinski definition) is 1. The van der Waals surface area contributed by atoms with Gasteiger partial charge in [0.1, 0.15) is 17.9 Å². The zero-order chi connectivity index (χ0) is 13.9. The molecule has 0 saturated heterocycles. The number of amides is 1. The van der Waals surface area contributed by atoms with Gasteiger partial charge in [0.25, 0.3) is 5.91 Å². The van der Waals surface area contributed by atoms with E-state index >= 15 is 0 Å². The Morgan fingerprint density at radius 3 is 2.80 bits per heavy atom. The van der Waals surface area contributed by atoms with Crippen LogP contribution in [-0.2, 0) is 0 Å². The lowest BCUT2D eigenvalue weighted by atomic mass is 10.3. The molecule has 0 bridgehead atoms. The lowest BCUT2D eigenvalue weighted by Crippen LogP contribution is -2.11. The second-order valence-electron chi connectivity index (χ2n) is 4.24. The molecule has 3 aromatic heterocycles. The van der Waals surface area contributed by atoms with Crippen molar-refractivity contribution < 1.29 is 9.21 Å². The summed E-state index contributed by atoms with van der Waals surface area (Å²) < 4.78 is 7.03. The number of rotatable bonds is 3. The van der Waals surface area contributed by atoms with E-state index in [-0.39, 0.29) is 11.7 Å². The highest BCUT2D eigenvalue weighted by Gasteiger charge is 2.10. The number of nitrogens with zero attached hydrogens (tertiary/aromatic N) is 3. The Balaban J connectivity index is 1.74. The second-order valence-corrected chi connectivity index (χ2v) is 4.24. The first-order valence-electron chi connectivity index (χ1n) is 6.04. The van der Waals surface area contributed by atoms with E-state index < -0.39 is 0 Å². The van der Waals surface area contributed by atoms with Gasteiger partial charge in [0.05, 0.1) is 11.9 Å². The zero-order valence-electron chi connectivity index (χ0n) is 10.8. The first-order valence-corrected chi connectivity index (χ1v) is 6.04. The maximum absolute atomic E-state index is 11.9. The Labute approximate surface area is 115 Å². The Kier molecular flexibility index (Phi) is 3.04. The number of carbonyl (C=O) groups is 1. The van der Waals surface area contributed by atoms with Crippen LogP contribution < -0.4 is 5.32 Å². The van der Waals surface area contributed by atoms with Gasteiger partial charge in [0.15, 0.2) is 5.76 Å². The first kappa shape index (κ1) is 12.2. The maximum Gasteiger partial charge on any atom is 0.291 e. The number of pyridine rings is 1. The lowest BCUT2D eigenvalue weighted by molar-refractivity contribution is 0.0995. The lowest BCUT2D eigenvalue weighted by Gasteiger charge is -2.04. The Hall–Kier alpha value is -2.89. The Morgan fingerprint density at radius 1 is 1.30 bits per heavy atom. The summed E-state index contributed by atoms with van der Waals surface area (Å²) in [4.78, 5) is 20.1. The Bertz CT molecular complexity index is 714. The molecule has 0 fully saturated rings. The predicted molar refractivity (Wildman–Crippen MR) is 72.8 cm³/mol. The van der Waals surface area contributed by atoms with Gasteiger partial charge in [-0.1, -0.05) is 0 Å². The fourth-order valence-electron chi connectivity index (χ4n) is 1.76. The van der Waals surface area contributed by atoms with E-state index in [1.165, 1.54) is 0 Å². The first-order chi connectivity index (χ1) is 9.72. The predicted octanol–water partition coefficient (Wildman–Crippen LogP) is 2.42. The quantitative estimate of drug-likeness (QED) is 0.791. The van der Waals surface area contributed by atoms with Gasteiger partial charge in [-0.05, 0) is 31.2 Å². The number of aromatic nitrogens is 3. The smallest absolute Gasteiger partial charge is 0.291 e. The molecule has 0 atom stereocenters. The van der Waals surface area contributed by atoms with Crippen LogP contribution in [0.25, 0.3) is 5.82 Å². The summed E-state index contributed by atoms with van der Waals surface area (Å²) in [6.07, 6.45) is 6.72. The molecule has 6 nitrogen and oxygen atoms in total. The average Bonchev–Trinajstić information content (AvgIpc) is 3.10. The minimum absolute atomic E-state index is 0.279. The van der Waals surface area contributed by atoms with Crippen molar-refractivity contribution in [3.8, 4) is 5.82 Å². The van der Waals surface area contributed by atoms with Crippen molar-refractivity contribution in [1.29, 1.82) is 0 Å². The van der Waals surface area contributed by atoms with E-state index in [9.17, 15) is 4.79 Å². The van der Waals surface area contributed by atoms with Crippen LogP contribution in [0.2, 0.25) is 0 Å². The van der Waals surface area contributed by atoms with Crippen LogP contribution in [0.15, 0.2) is 53.6 Å². The molecule has 0 radical (unpaired) electrons. The van der Waals surface area contributed by atoms with Crippen molar-refractivity contribution in [2.24, 2.45) is 0 Å². The highest BCUT2D eigenvalue weighted by atomic mass is 16.3. The van der Waals surface area contributed by atoms with Crippen molar-refractivity contribution in [3.05, 3.63) is 60.7 Å². The molecule has 1 N–H and O–H groups in total. The summed E-state index contributed by atoms with van der Waals surface area (Å²) in [5.74, 6) is 1.41. The number of furan rings is 1. The highest BCUT2D eigenvalue weighted by molar-refractivity contribution is 6.02. The monoisotopic (exact) mass is 268 g/mol. The van der Waals surface area contributed by atoms with Crippen LogP contribution in [0.4, 0.5) is 5.69 Å². The van der Waals surface area contributed by atoms with Gasteiger partial charge in [-0.2, -0.15) is 0 Å². The molecule has 6 heteroatoms. The van der Waals surface area contributed by atoms with E-state index in [1.54, 1.807) is 60.7 Å². The summed E-state index contributed by atoms with van der Waals surface area (Å²) >= 11 is 0. The van der Waals surface area contributed by atoms with E-state index in [4.69, 9.17) is 4.42 Å². The molecule has 1 amide bonds. The number of anilines is 1. The van der Waals surface area contributed by atoms with Crippen LogP contribution in [0.5, 0.6) is 0 Å². The fraction of sp³-hybridized carbons (Fsp3) is 0.0714. The van der Waals surface area contributed by atoms with Gasteiger partial charge >= 0.3 is 0 Å². The Morgan fingerprint density at radius 2 is 2.20 bits per heavy atom. The molecule has 0 aromatic carbocycles. The van der Waals surface area contributed by atoms with Crippen LogP contribution >= 0.6 is 0 Å². The van der Waals surface area contributed by atoms with Gasteiger partial charge in [0.2, 0.25) is 0 Å². The largest absolute Gasteiger partial charge is 0.456 e. The van der Waals surface area contributed by atoms with Crippen molar-refractivity contribution in [1.82, 2.24) is 14.5 Å². The van der Waals surface area contributed by atoms with Gasteiger partial charge in [-0.25, -0.2) is 9.97 Å². The number of hydrogen-bond acceptors (Lipinski definition) is 4. The SMILES string of the molecule is Cc1ccc(C(=O)Nc2ccc(-n3ccnc3)nc2)o1. The maximum atomic E-state index is 11.9. The zero-order valence-corrected chi connectivity index (χ0v) is 10.8. The topological polar surface area (TPSA) is 73.0 Å². The molecule has 0 aliphatic carbocycles. The van der Waals surface area contributed by atoms with Gasteiger partial charge in [0, 0.05) is 12.4 Å². The van der Waals surface area contributed by atoms with Crippen molar-refractivity contribution >= 4 is 11.6 Å². The van der Waals surface area contributed by atoms with E-state index in [2.05, 4.69) is 15.3 Å². The molecule has 0 aliphatic rings. The normalized spacial score (nSPS) is 10.4. The third-order valence-electron chi connectivity index (χ3n) is 2.74. The van der Waals surface area contributed by atoms with E-state index in [1.807, 2.05) is 0 Å². The summed E-state index contributed by atoms with van der Waals surface area (Å²) in [5.41, 5.74) is 0.605. The van der Waals surface area contributed by atoms with Crippen LogP contribution in [0, 0.1) is 6.92 Å². The molecule has 100 valence electrons. The van der Waals surface area contributed by atoms with Crippen LogP contribution in [0.3, 0.4) is 0 Å². The molecule has 20 heavy (non-hydrogen) atoms. The van der Waals surface area contributed by atoms with Gasteiger partial charge in [-0.3, -0.25) is 9.36 Å². The number of imidazole rings is 1. The average molecular weight is 268 g/mol. The summed E-state index contributed by atoms with van der Waals surface area (Å²) in [6.45, 7) is 1.79. The van der Waals surface area contributed by atoms with E-state index in [0.717, 1.165) is 5.82 Å².